The number of fused-ring (bicyclic) bond motifs is 1. The Morgan fingerprint density at radius 3 is 2.25 bits per heavy atom. The highest BCUT2D eigenvalue weighted by molar-refractivity contribution is 5.88. The van der Waals surface area contributed by atoms with Gasteiger partial charge in [-0.15, -0.1) is 0 Å². The number of alkyl halides is 3. The number of halogens is 3. The summed E-state index contributed by atoms with van der Waals surface area (Å²) in [5.41, 5.74) is -2.22. The summed E-state index contributed by atoms with van der Waals surface area (Å²) >= 11 is 0. The van der Waals surface area contributed by atoms with Crippen molar-refractivity contribution in [3.63, 3.8) is 0 Å². The number of anilines is 1. The first-order chi connectivity index (χ1) is 20.6. The van der Waals surface area contributed by atoms with E-state index in [4.69, 9.17) is 20.4 Å². The molecule has 3 aliphatic rings. The number of aromatic nitrogens is 2. The second-order valence-corrected chi connectivity index (χ2v) is 11.3. The van der Waals surface area contributed by atoms with Gasteiger partial charge < -0.3 is 35.5 Å². The van der Waals surface area contributed by atoms with Gasteiger partial charge in [-0.05, 0) is 38.5 Å². The predicted octanol–water partition coefficient (Wildman–Crippen LogP) is 2.40. The number of aliphatic hydroxyl groups is 1. The average molecular weight is 634 g/mol. The second kappa shape index (κ2) is 14.3. The van der Waals surface area contributed by atoms with Gasteiger partial charge in [-0.3, -0.25) is 19.2 Å². The molecule has 5 N–H and O–H groups in total. The van der Waals surface area contributed by atoms with Crippen LogP contribution >= 0.6 is 0 Å². The first-order valence-corrected chi connectivity index (χ1v) is 14.4. The predicted molar refractivity (Wildman–Crippen MR) is 145 cm³/mol. The molecule has 44 heavy (non-hydrogen) atoms. The summed E-state index contributed by atoms with van der Waals surface area (Å²) in [6.45, 7) is 3.79. The highest BCUT2D eigenvalue weighted by Gasteiger charge is 2.47. The van der Waals surface area contributed by atoms with E-state index in [0.29, 0.717) is 56.7 Å². The summed E-state index contributed by atoms with van der Waals surface area (Å²) in [6, 6.07) is -0.515. The fourth-order valence-electron chi connectivity index (χ4n) is 5.69. The minimum absolute atomic E-state index is 0.0214. The minimum atomic E-state index is -4.37. The Morgan fingerprint density at radius 1 is 1.07 bits per heavy atom. The summed E-state index contributed by atoms with van der Waals surface area (Å²) in [5.74, 6) is -4.52. The molecule has 17 heteroatoms. The topological polar surface area (TPSA) is 203 Å². The Labute approximate surface area is 250 Å². The first-order valence-electron chi connectivity index (χ1n) is 14.4. The molecule has 246 valence electrons. The van der Waals surface area contributed by atoms with Crippen LogP contribution in [-0.2, 0) is 24.0 Å². The molecular formula is C27H38F3N5O9. The van der Waals surface area contributed by atoms with Crippen LogP contribution in [0.2, 0.25) is 0 Å². The Balaban J connectivity index is 0.000000345. The van der Waals surface area contributed by atoms with Crippen molar-refractivity contribution in [1.29, 1.82) is 0 Å². The number of hydrogen-bond acceptors (Lipinski definition) is 8. The zero-order chi connectivity index (χ0) is 32.8. The molecule has 3 atom stereocenters. The molecule has 1 unspecified atom stereocenters. The first kappa shape index (κ1) is 34.6. The molecule has 0 bridgehead atoms. The second-order valence-electron chi connectivity index (χ2n) is 11.3. The van der Waals surface area contributed by atoms with Gasteiger partial charge in [0, 0.05) is 44.6 Å². The summed E-state index contributed by atoms with van der Waals surface area (Å²) in [7, 11) is 0. The van der Waals surface area contributed by atoms with Crippen molar-refractivity contribution in [3.8, 4) is 0 Å². The lowest BCUT2D eigenvalue weighted by molar-refractivity contribution is -0.173. The SMILES string of the molecule is CC[C@@H]1C[C@H](C(F)(F)F)n2nc(C3CCCN3C(=O)CCCN3CCCC3=O)cc2N1.O=C(O)CC(O)(CC(=O)O)C(=O)O. The maximum atomic E-state index is 13.6. The van der Waals surface area contributed by atoms with Gasteiger partial charge in [0.1, 0.15) is 5.82 Å². The maximum Gasteiger partial charge on any atom is 0.410 e. The molecule has 4 rings (SSSR count). The highest BCUT2D eigenvalue weighted by atomic mass is 19.4. The lowest BCUT2D eigenvalue weighted by Gasteiger charge is -2.32. The molecule has 2 saturated heterocycles. The molecule has 1 aromatic heterocycles. The van der Waals surface area contributed by atoms with E-state index in [-0.39, 0.29) is 30.3 Å². The van der Waals surface area contributed by atoms with Gasteiger partial charge in [-0.2, -0.15) is 18.3 Å². The van der Waals surface area contributed by atoms with Gasteiger partial charge in [0.15, 0.2) is 11.6 Å². The van der Waals surface area contributed by atoms with Gasteiger partial charge in [0.2, 0.25) is 11.8 Å². The number of aliphatic carboxylic acids is 3. The van der Waals surface area contributed by atoms with Crippen LogP contribution < -0.4 is 5.32 Å². The monoisotopic (exact) mass is 633 g/mol. The van der Waals surface area contributed by atoms with Crippen molar-refractivity contribution in [1.82, 2.24) is 19.6 Å². The number of carbonyl (C=O) groups is 5. The molecule has 0 saturated carbocycles. The van der Waals surface area contributed by atoms with Gasteiger partial charge in [0.25, 0.3) is 0 Å². The highest BCUT2D eigenvalue weighted by Crippen LogP contribution is 2.42. The third kappa shape index (κ3) is 8.60. The van der Waals surface area contributed by atoms with E-state index in [1.165, 1.54) is 0 Å². The number of nitrogens with one attached hydrogen (secondary N) is 1. The fraction of sp³-hybridized carbons (Fsp3) is 0.704. The number of hydrogen-bond donors (Lipinski definition) is 5. The van der Waals surface area contributed by atoms with Crippen LogP contribution in [0.15, 0.2) is 6.07 Å². The van der Waals surface area contributed by atoms with Crippen molar-refractivity contribution in [3.05, 3.63) is 11.8 Å². The van der Waals surface area contributed by atoms with Crippen molar-refractivity contribution in [2.24, 2.45) is 0 Å². The number of rotatable bonds is 11. The molecule has 4 heterocycles. The standard InChI is InChI=1S/C21H30F3N5O2.C6H8O7/c1-2-14-12-17(21(22,23)24)29-18(25-14)13-15(26-29)16-6-3-11-28(16)20(31)8-5-10-27-9-4-7-19(27)30;7-3(8)1-6(13,5(11)12)2-4(9)10/h13-14,16-17,25H,2-12H2,1H3;13H,1-2H2,(H,7,8)(H,9,10)(H,11,12)/t14-,16?,17-;/m1./s1. The van der Waals surface area contributed by atoms with Gasteiger partial charge in [-0.25, -0.2) is 9.48 Å². The lowest BCUT2D eigenvalue weighted by atomic mass is 9.96. The number of amides is 2. The fourth-order valence-corrected chi connectivity index (χ4v) is 5.69. The zero-order valence-corrected chi connectivity index (χ0v) is 24.3. The van der Waals surface area contributed by atoms with Gasteiger partial charge in [-0.1, -0.05) is 6.92 Å². The molecule has 3 aliphatic heterocycles. The van der Waals surface area contributed by atoms with E-state index in [2.05, 4.69) is 10.4 Å². The van der Waals surface area contributed by atoms with Crippen molar-refractivity contribution in [2.45, 2.75) is 101 Å². The largest absolute Gasteiger partial charge is 0.481 e. The maximum absolute atomic E-state index is 13.6. The third-order valence-electron chi connectivity index (χ3n) is 7.97. The lowest BCUT2D eigenvalue weighted by Crippen LogP contribution is -2.42. The van der Waals surface area contributed by atoms with Crippen LogP contribution in [0.1, 0.15) is 88.9 Å². The van der Waals surface area contributed by atoms with Crippen molar-refractivity contribution >= 4 is 35.5 Å². The quantitative estimate of drug-likeness (QED) is 0.239. The van der Waals surface area contributed by atoms with E-state index >= 15 is 0 Å². The molecule has 2 fully saturated rings. The molecule has 2 amide bonds. The number of carboxylic acids is 3. The van der Waals surface area contributed by atoms with E-state index in [1.54, 1.807) is 15.9 Å². The molecule has 1 aromatic rings. The molecule has 0 radical (unpaired) electrons. The van der Waals surface area contributed by atoms with E-state index in [0.717, 1.165) is 24.1 Å². The summed E-state index contributed by atoms with van der Waals surface area (Å²) < 4.78 is 42.0. The van der Waals surface area contributed by atoms with Gasteiger partial charge in [0.05, 0.1) is 24.6 Å². The normalized spacial score (nSPS) is 21.8. The summed E-state index contributed by atoms with van der Waals surface area (Å²) in [4.78, 5) is 58.6. The smallest absolute Gasteiger partial charge is 0.410 e. The molecular weight excluding hydrogens is 595 g/mol. The Morgan fingerprint density at radius 2 is 1.73 bits per heavy atom. The van der Waals surface area contributed by atoms with Crippen LogP contribution in [0.25, 0.3) is 0 Å². The molecule has 0 aromatic carbocycles. The minimum Gasteiger partial charge on any atom is -0.481 e. The number of carboxylic acid groups (broad SMARTS) is 3. The van der Waals surface area contributed by atoms with Crippen molar-refractivity contribution in [2.75, 3.05) is 25.0 Å². The van der Waals surface area contributed by atoms with Crippen LogP contribution in [0.4, 0.5) is 19.0 Å². The van der Waals surface area contributed by atoms with E-state index in [9.17, 15) is 37.1 Å². The van der Waals surface area contributed by atoms with Crippen LogP contribution in [0, 0.1) is 0 Å². The van der Waals surface area contributed by atoms with Crippen LogP contribution in [0.3, 0.4) is 0 Å². The van der Waals surface area contributed by atoms with Crippen LogP contribution in [-0.4, -0.2) is 107 Å². The molecule has 0 aliphatic carbocycles. The summed E-state index contributed by atoms with van der Waals surface area (Å²) in [5, 5.41) is 41.3. The number of carbonyl (C=O) groups excluding carboxylic acids is 2. The zero-order valence-electron chi connectivity index (χ0n) is 24.3. The Kier molecular flexibility index (Phi) is 11.2. The molecule has 14 nitrogen and oxygen atoms in total. The Hall–Kier alpha value is -3.89. The Bertz CT molecular complexity index is 1220. The number of nitrogens with zero attached hydrogens (tertiary/aromatic N) is 4. The average Bonchev–Trinajstić information content (AvgIpc) is 3.66. The summed E-state index contributed by atoms with van der Waals surface area (Å²) in [6.07, 6.45) is -2.22. The molecule has 0 spiro atoms. The van der Waals surface area contributed by atoms with Gasteiger partial charge >= 0.3 is 24.1 Å². The number of likely N-dealkylation sites (tertiary alicyclic amines) is 2. The van der Waals surface area contributed by atoms with E-state index in [1.807, 2.05) is 6.92 Å². The van der Waals surface area contributed by atoms with Crippen molar-refractivity contribution < 1.29 is 57.6 Å². The third-order valence-corrected chi connectivity index (χ3v) is 7.97. The van der Waals surface area contributed by atoms with E-state index < -0.39 is 48.6 Å². The van der Waals surface area contributed by atoms with Crippen LogP contribution in [0.5, 0.6) is 0 Å².